The molecule has 0 unspecified atom stereocenters. The predicted octanol–water partition coefficient (Wildman–Crippen LogP) is 3.14. The van der Waals surface area contributed by atoms with Gasteiger partial charge in [0.25, 0.3) is 0 Å². The number of nitrogens with one attached hydrogen (secondary N) is 1. The zero-order valence-electron chi connectivity index (χ0n) is 10.3. The molecule has 0 aliphatic heterocycles. The van der Waals surface area contributed by atoms with Crippen LogP contribution >= 0.6 is 23.2 Å². The van der Waals surface area contributed by atoms with Gasteiger partial charge in [-0.05, 0) is 24.3 Å². The fourth-order valence-electron chi connectivity index (χ4n) is 2.17. The molecule has 4 rings (SSSR count). The largest absolute Gasteiger partial charge is 0.461 e. The average Bonchev–Trinajstić information content (AvgIpc) is 3.11. The van der Waals surface area contributed by atoms with E-state index in [0.717, 1.165) is 4.52 Å². The molecule has 0 saturated heterocycles. The van der Waals surface area contributed by atoms with Crippen LogP contribution in [-0.2, 0) is 0 Å². The first kappa shape index (κ1) is 12.4. The molecule has 21 heavy (non-hydrogen) atoms. The van der Waals surface area contributed by atoms with E-state index in [9.17, 15) is 4.79 Å². The summed E-state index contributed by atoms with van der Waals surface area (Å²) in [6.07, 6.45) is 1.51. The summed E-state index contributed by atoms with van der Waals surface area (Å²) in [5.74, 6) is 0.762. The Labute approximate surface area is 126 Å². The van der Waals surface area contributed by atoms with Crippen LogP contribution in [0, 0.1) is 0 Å². The maximum Gasteiger partial charge on any atom is 0.348 e. The molecule has 0 saturated carbocycles. The van der Waals surface area contributed by atoms with Crippen molar-refractivity contribution in [1.82, 2.24) is 19.6 Å². The van der Waals surface area contributed by atoms with Crippen molar-refractivity contribution < 1.29 is 4.42 Å². The van der Waals surface area contributed by atoms with Crippen molar-refractivity contribution in [2.24, 2.45) is 0 Å². The lowest BCUT2D eigenvalue weighted by atomic mass is 10.2. The van der Waals surface area contributed by atoms with Crippen molar-refractivity contribution in [3.63, 3.8) is 0 Å². The number of aromatic nitrogens is 4. The molecule has 4 aromatic rings. The second kappa shape index (κ2) is 4.34. The van der Waals surface area contributed by atoms with Gasteiger partial charge in [-0.2, -0.15) is 4.52 Å². The third kappa shape index (κ3) is 1.76. The van der Waals surface area contributed by atoms with Gasteiger partial charge in [0, 0.05) is 0 Å². The molecule has 0 fully saturated rings. The molecular weight excluding hydrogens is 315 g/mol. The zero-order chi connectivity index (χ0) is 14.6. The molecular formula is C13H6Cl2N4O2. The Hall–Kier alpha value is -2.31. The Bertz CT molecular complexity index is 1030. The lowest BCUT2D eigenvalue weighted by Crippen LogP contribution is -2.17. The van der Waals surface area contributed by atoms with Crippen LogP contribution in [0.25, 0.3) is 28.1 Å². The SMILES string of the molecule is O=c1[nH]c2ccc(Cl)c(Cl)c2c2nc(-c3ccco3)nn12. The molecule has 3 aromatic heterocycles. The highest BCUT2D eigenvalue weighted by Gasteiger charge is 2.16. The zero-order valence-corrected chi connectivity index (χ0v) is 11.8. The number of rotatable bonds is 1. The fourth-order valence-corrected chi connectivity index (χ4v) is 2.57. The van der Waals surface area contributed by atoms with E-state index in [-0.39, 0.29) is 0 Å². The molecule has 3 heterocycles. The maximum atomic E-state index is 12.1. The number of hydrogen-bond donors (Lipinski definition) is 1. The minimum absolute atomic E-state index is 0.300. The van der Waals surface area contributed by atoms with Crippen LogP contribution in [0.2, 0.25) is 10.0 Å². The summed E-state index contributed by atoms with van der Waals surface area (Å²) >= 11 is 12.3. The van der Waals surface area contributed by atoms with Crippen molar-refractivity contribution in [1.29, 1.82) is 0 Å². The van der Waals surface area contributed by atoms with Crippen LogP contribution in [0.4, 0.5) is 0 Å². The standard InChI is InChI=1S/C13H6Cl2N4O2/c14-6-3-4-7-9(10(6)15)12-17-11(8-2-1-5-21-8)18-19(12)13(20)16-7/h1-5H,(H,16,20). The first-order valence-electron chi connectivity index (χ1n) is 5.96. The first-order chi connectivity index (χ1) is 10.1. The molecule has 0 aliphatic carbocycles. The Morgan fingerprint density at radius 1 is 1.24 bits per heavy atom. The molecule has 0 spiro atoms. The van der Waals surface area contributed by atoms with E-state index in [1.54, 1.807) is 24.3 Å². The Balaban J connectivity index is 2.19. The quantitative estimate of drug-likeness (QED) is 0.584. The van der Waals surface area contributed by atoms with E-state index in [0.29, 0.717) is 38.2 Å². The van der Waals surface area contributed by atoms with Gasteiger partial charge in [0.15, 0.2) is 11.4 Å². The number of fused-ring (bicyclic) bond motifs is 3. The van der Waals surface area contributed by atoms with Crippen LogP contribution in [-0.4, -0.2) is 19.6 Å². The number of hydrogen-bond acceptors (Lipinski definition) is 4. The summed E-state index contributed by atoms with van der Waals surface area (Å²) in [7, 11) is 0. The van der Waals surface area contributed by atoms with E-state index < -0.39 is 5.69 Å². The number of furan rings is 1. The molecule has 1 N–H and O–H groups in total. The second-order valence-corrected chi connectivity index (χ2v) is 5.15. The normalized spacial score (nSPS) is 11.5. The lowest BCUT2D eigenvalue weighted by molar-refractivity contribution is 0.577. The topological polar surface area (TPSA) is 76.2 Å². The average molecular weight is 321 g/mol. The van der Waals surface area contributed by atoms with E-state index >= 15 is 0 Å². The maximum absolute atomic E-state index is 12.1. The van der Waals surface area contributed by atoms with E-state index in [2.05, 4.69) is 15.1 Å². The van der Waals surface area contributed by atoms with Gasteiger partial charge in [0.2, 0.25) is 5.82 Å². The van der Waals surface area contributed by atoms with Gasteiger partial charge in [-0.3, -0.25) is 0 Å². The summed E-state index contributed by atoms with van der Waals surface area (Å²) in [5.41, 5.74) is 0.453. The van der Waals surface area contributed by atoms with Gasteiger partial charge in [-0.1, -0.05) is 23.2 Å². The van der Waals surface area contributed by atoms with Crippen LogP contribution in [0.1, 0.15) is 0 Å². The monoisotopic (exact) mass is 320 g/mol. The van der Waals surface area contributed by atoms with Crippen molar-refractivity contribution in [2.45, 2.75) is 0 Å². The molecule has 8 heteroatoms. The highest BCUT2D eigenvalue weighted by Crippen LogP contribution is 2.32. The summed E-state index contributed by atoms with van der Waals surface area (Å²) in [6, 6.07) is 6.71. The summed E-state index contributed by atoms with van der Waals surface area (Å²) in [4.78, 5) is 19.1. The number of benzene rings is 1. The smallest absolute Gasteiger partial charge is 0.348 e. The van der Waals surface area contributed by atoms with Crippen molar-refractivity contribution in [3.05, 3.63) is 51.1 Å². The molecule has 0 amide bonds. The van der Waals surface area contributed by atoms with Gasteiger partial charge in [-0.15, -0.1) is 5.10 Å². The predicted molar refractivity (Wildman–Crippen MR) is 78.8 cm³/mol. The minimum atomic E-state index is -0.416. The van der Waals surface area contributed by atoms with Crippen LogP contribution in [0.3, 0.4) is 0 Å². The van der Waals surface area contributed by atoms with Gasteiger partial charge >= 0.3 is 5.69 Å². The minimum Gasteiger partial charge on any atom is -0.461 e. The highest BCUT2D eigenvalue weighted by atomic mass is 35.5. The molecule has 0 radical (unpaired) electrons. The molecule has 104 valence electrons. The molecule has 0 aliphatic rings. The van der Waals surface area contributed by atoms with E-state index in [4.69, 9.17) is 27.6 Å². The van der Waals surface area contributed by atoms with E-state index in [1.807, 2.05) is 0 Å². The van der Waals surface area contributed by atoms with Crippen LogP contribution in [0.5, 0.6) is 0 Å². The fraction of sp³-hybridized carbons (Fsp3) is 0. The number of aromatic amines is 1. The van der Waals surface area contributed by atoms with E-state index in [1.165, 1.54) is 6.26 Å². The second-order valence-electron chi connectivity index (χ2n) is 4.36. The summed E-state index contributed by atoms with van der Waals surface area (Å²) in [5, 5.41) is 5.37. The van der Waals surface area contributed by atoms with Gasteiger partial charge in [-0.25, -0.2) is 9.78 Å². The Morgan fingerprint density at radius 3 is 2.86 bits per heavy atom. The van der Waals surface area contributed by atoms with Crippen LogP contribution < -0.4 is 5.69 Å². The van der Waals surface area contributed by atoms with Crippen LogP contribution in [0.15, 0.2) is 39.7 Å². The molecule has 6 nitrogen and oxygen atoms in total. The third-order valence-corrected chi connectivity index (χ3v) is 3.91. The summed E-state index contributed by atoms with van der Waals surface area (Å²) < 4.78 is 6.39. The number of H-pyrrole nitrogens is 1. The summed E-state index contributed by atoms with van der Waals surface area (Å²) in [6.45, 7) is 0. The van der Waals surface area contributed by atoms with Gasteiger partial charge < -0.3 is 9.40 Å². The molecule has 0 atom stereocenters. The Morgan fingerprint density at radius 2 is 2.10 bits per heavy atom. The van der Waals surface area contributed by atoms with Gasteiger partial charge in [0.05, 0.1) is 27.2 Å². The highest BCUT2D eigenvalue weighted by molar-refractivity contribution is 6.45. The Kier molecular flexibility index (Phi) is 2.57. The lowest BCUT2D eigenvalue weighted by Gasteiger charge is -2.02. The number of nitrogens with zero attached hydrogens (tertiary/aromatic N) is 3. The van der Waals surface area contributed by atoms with Crippen molar-refractivity contribution in [3.8, 4) is 11.6 Å². The first-order valence-corrected chi connectivity index (χ1v) is 6.71. The molecule has 1 aromatic carbocycles. The number of halogens is 2. The van der Waals surface area contributed by atoms with Gasteiger partial charge in [0.1, 0.15) is 0 Å². The van der Waals surface area contributed by atoms with Crippen molar-refractivity contribution >= 4 is 39.8 Å². The molecule has 0 bridgehead atoms. The third-order valence-electron chi connectivity index (χ3n) is 3.10. The van der Waals surface area contributed by atoms with Crippen molar-refractivity contribution in [2.75, 3.05) is 0 Å².